The molecule has 1 amide bonds. The highest BCUT2D eigenvalue weighted by atomic mass is 79.9. The minimum atomic E-state index is -0.0579. The molecule has 4 nitrogen and oxygen atoms in total. The van der Waals surface area contributed by atoms with Crippen molar-refractivity contribution in [1.29, 1.82) is 0 Å². The molecule has 17 heavy (non-hydrogen) atoms. The van der Waals surface area contributed by atoms with Crippen LogP contribution in [0.1, 0.15) is 33.8 Å². The Morgan fingerprint density at radius 3 is 2.94 bits per heavy atom. The smallest absolute Gasteiger partial charge is 0.261 e. The van der Waals surface area contributed by atoms with Crippen molar-refractivity contribution in [3.63, 3.8) is 0 Å². The normalized spacial score (nSPS) is 12.4. The predicted molar refractivity (Wildman–Crippen MR) is 71.2 cm³/mol. The Bertz CT molecular complexity index is 501. The summed E-state index contributed by atoms with van der Waals surface area (Å²) in [5, 5.41) is 9.52. The number of H-pyrrole nitrogens is 1. The van der Waals surface area contributed by atoms with E-state index in [1.165, 1.54) is 11.3 Å². The zero-order valence-corrected chi connectivity index (χ0v) is 11.9. The number of thiophene rings is 1. The van der Waals surface area contributed by atoms with Crippen LogP contribution in [-0.4, -0.2) is 16.1 Å². The van der Waals surface area contributed by atoms with Gasteiger partial charge in [0.2, 0.25) is 0 Å². The summed E-state index contributed by atoms with van der Waals surface area (Å²) in [7, 11) is 0. The lowest BCUT2D eigenvalue weighted by Crippen LogP contribution is -2.25. The Hall–Kier alpha value is -1.14. The zero-order valence-electron chi connectivity index (χ0n) is 9.45. The molecule has 1 unspecified atom stereocenters. The lowest BCUT2D eigenvalue weighted by atomic mass is 10.2. The van der Waals surface area contributed by atoms with Crippen molar-refractivity contribution < 1.29 is 4.79 Å². The molecule has 0 aliphatic heterocycles. The molecule has 0 spiro atoms. The van der Waals surface area contributed by atoms with Crippen LogP contribution in [-0.2, 0) is 0 Å². The number of aromatic nitrogens is 2. The Morgan fingerprint density at radius 2 is 2.41 bits per heavy atom. The number of carbonyl (C=O) groups excluding carboxylic acids is 1. The molecule has 0 aliphatic carbocycles. The summed E-state index contributed by atoms with van der Waals surface area (Å²) in [6.07, 6.45) is 3.49. The predicted octanol–water partition coefficient (Wildman–Crippen LogP) is 3.03. The summed E-state index contributed by atoms with van der Waals surface area (Å²) in [4.78, 5) is 12.7. The Labute approximate surface area is 112 Å². The number of halogens is 1. The third-order valence-electron chi connectivity index (χ3n) is 2.45. The monoisotopic (exact) mass is 313 g/mol. The van der Waals surface area contributed by atoms with Gasteiger partial charge in [-0.1, -0.05) is 0 Å². The van der Waals surface area contributed by atoms with Crippen LogP contribution in [0.25, 0.3) is 0 Å². The molecule has 0 radical (unpaired) electrons. The molecular weight excluding hydrogens is 302 g/mol. The molecule has 2 heterocycles. The topological polar surface area (TPSA) is 57.8 Å². The van der Waals surface area contributed by atoms with Gasteiger partial charge < -0.3 is 5.32 Å². The highest BCUT2D eigenvalue weighted by Crippen LogP contribution is 2.27. The van der Waals surface area contributed by atoms with Gasteiger partial charge in [0.05, 0.1) is 20.9 Å². The Balaban J connectivity index is 2.07. The first kappa shape index (κ1) is 12.3. The molecule has 2 rings (SSSR count). The quantitative estimate of drug-likeness (QED) is 0.915. The molecular formula is C11H12BrN3OS. The maximum absolute atomic E-state index is 12.0. The molecule has 0 aromatic carbocycles. The van der Waals surface area contributed by atoms with E-state index in [4.69, 9.17) is 0 Å². The van der Waals surface area contributed by atoms with E-state index in [-0.39, 0.29) is 11.9 Å². The summed E-state index contributed by atoms with van der Waals surface area (Å²) in [5.74, 6) is -0.0579. The highest BCUT2D eigenvalue weighted by molar-refractivity contribution is 9.11. The molecule has 0 saturated carbocycles. The number of aromatic amines is 1. The summed E-state index contributed by atoms with van der Waals surface area (Å²) in [6, 6.07) is 1.83. The van der Waals surface area contributed by atoms with Crippen molar-refractivity contribution in [2.24, 2.45) is 0 Å². The number of aryl methyl sites for hydroxylation is 1. The molecule has 6 heteroatoms. The van der Waals surface area contributed by atoms with Crippen LogP contribution in [0.3, 0.4) is 0 Å². The largest absolute Gasteiger partial charge is 0.345 e. The van der Waals surface area contributed by atoms with Gasteiger partial charge in [0.25, 0.3) is 5.91 Å². The van der Waals surface area contributed by atoms with E-state index in [0.717, 1.165) is 14.9 Å². The van der Waals surface area contributed by atoms with E-state index in [1.54, 1.807) is 12.4 Å². The summed E-state index contributed by atoms with van der Waals surface area (Å²) < 4.78 is 0.999. The third-order valence-corrected chi connectivity index (χ3v) is 4.58. The van der Waals surface area contributed by atoms with Gasteiger partial charge in [0, 0.05) is 11.8 Å². The Morgan fingerprint density at radius 1 is 1.65 bits per heavy atom. The maximum Gasteiger partial charge on any atom is 0.261 e. The van der Waals surface area contributed by atoms with Crippen molar-refractivity contribution in [3.8, 4) is 0 Å². The molecule has 1 atom stereocenters. The minimum absolute atomic E-state index is 0.0533. The number of amides is 1. The van der Waals surface area contributed by atoms with Crippen LogP contribution in [0.5, 0.6) is 0 Å². The fraction of sp³-hybridized carbons (Fsp3) is 0.273. The van der Waals surface area contributed by atoms with Gasteiger partial charge in [-0.25, -0.2) is 0 Å². The molecule has 2 aromatic heterocycles. The van der Waals surface area contributed by atoms with E-state index < -0.39 is 0 Å². The van der Waals surface area contributed by atoms with Crippen molar-refractivity contribution in [1.82, 2.24) is 15.5 Å². The maximum atomic E-state index is 12.0. The van der Waals surface area contributed by atoms with Crippen molar-refractivity contribution in [2.45, 2.75) is 19.9 Å². The number of hydrogen-bond donors (Lipinski definition) is 2. The number of nitrogens with one attached hydrogen (secondary N) is 2. The standard InChI is InChI=1S/C11H12BrN3OS/c1-6-3-9(17-10(6)12)11(16)15-7(2)8-4-13-14-5-8/h3-5,7H,1-2H3,(H,13,14)(H,15,16). The first-order chi connectivity index (χ1) is 8.08. The average Bonchev–Trinajstić information content (AvgIpc) is 2.89. The summed E-state index contributed by atoms with van der Waals surface area (Å²) in [5.41, 5.74) is 2.04. The van der Waals surface area contributed by atoms with E-state index in [9.17, 15) is 4.79 Å². The molecule has 0 saturated heterocycles. The number of nitrogens with zero attached hydrogens (tertiary/aromatic N) is 1. The fourth-order valence-electron chi connectivity index (χ4n) is 1.42. The second kappa shape index (κ2) is 5.01. The van der Waals surface area contributed by atoms with E-state index >= 15 is 0 Å². The van der Waals surface area contributed by atoms with Crippen LogP contribution in [0.4, 0.5) is 0 Å². The Kier molecular flexibility index (Phi) is 3.63. The van der Waals surface area contributed by atoms with Crippen LogP contribution in [0.2, 0.25) is 0 Å². The zero-order chi connectivity index (χ0) is 12.4. The van der Waals surface area contributed by atoms with Gasteiger partial charge in [-0.15, -0.1) is 11.3 Å². The SMILES string of the molecule is Cc1cc(C(=O)NC(C)c2cn[nH]c2)sc1Br. The molecule has 90 valence electrons. The van der Waals surface area contributed by atoms with E-state index in [1.807, 2.05) is 19.9 Å². The fourth-order valence-corrected chi connectivity index (χ4v) is 2.86. The summed E-state index contributed by atoms with van der Waals surface area (Å²) in [6.45, 7) is 3.90. The van der Waals surface area contributed by atoms with Gasteiger partial charge >= 0.3 is 0 Å². The molecule has 0 bridgehead atoms. The summed E-state index contributed by atoms with van der Waals surface area (Å²) >= 11 is 4.86. The van der Waals surface area contributed by atoms with Gasteiger partial charge in [-0.2, -0.15) is 5.10 Å². The van der Waals surface area contributed by atoms with Crippen LogP contribution in [0, 0.1) is 6.92 Å². The first-order valence-electron chi connectivity index (χ1n) is 5.13. The van der Waals surface area contributed by atoms with E-state index in [2.05, 4.69) is 31.4 Å². The molecule has 2 aromatic rings. The van der Waals surface area contributed by atoms with Gasteiger partial charge in [0.1, 0.15) is 0 Å². The van der Waals surface area contributed by atoms with Gasteiger partial charge in [0.15, 0.2) is 0 Å². The number of hydrogen-bond acceptors (Lipinski definition) is 3. The third kappa shape index (κ3) is 2.76. The van der Waals surface area contributed by atoms with Gasteiger partial charge in [-0.05, 0) is 41.4 Å². The van der Waals surface area contributed by atoms with Crippen LogP contribution in [0.15, 0.2) is 22.2 Å². The first-order valence-corrected chi connectivity index (χ1v) is 6.74. The van der Waals surface area contributed by atoms with Crippen LogP contribution >= 0.6 is 27.3 Å². The molecule has 0 fully saturated rings. The average molecular weight is 314 g/mol. The number of rotatable bonds is 3. The number of carbonyl (C=O) groups is 1. The second-order valence-corrected chi connectivity index (χ2v) is 6.16. The molecule has 2 N–H and O–H groups in total. The van der Waals surface area contributed by atoms with Crippen molar-refractivity contribution in [2.75, 3.05) is 0 Å². The molecule has 0 aliphatic rings. The van der Waals surface area contributed by atoms with E-state index in [0.29, 0.717) is 4.88 Å². The van der Waals surface area contributed by atoms with Gasteiger partial charge in [-0.3, -0.25) is 9.89 Å². The van der Waals surface area contributed by atoms with Crippen molar-refractivity contribution in [3.05, 3.63) is 38.3 Å². The minimum Gasteiger partial charge on any atom is -0.345 e. The highest BCUT2D eigenvalue weighted by Gasteiger charge is 2.15. The van der Waals surface area contributed by atoms with Crippen molar-refractivity contribution >= 4 is 33.2 Å². The lowest BCUT2D eigenvalue weighted by Gasteiger charge is -2.10. The lowest BCUT2D eigenvalue weighted by molar-refractivity contribution is 0.0944. The van der Waals surface area contributed by atoms with Crippen LogP contribution < -0.4 is 5.32 Å². The second-order valence-electron chi connectivity index (χ2n) is 3.79.